The molecule has 1 aromatic carbocycles. The van der Waals surface area contributed by atoms with Gasteiger partial charge in [0, 0.05) is 22.3 Å². The second kappa shape index (κ2) is 3.57. The summed E-state index contributed by atoms with van der Waals surface area (Å²) in [6.07, 6.45) is 3.61. The summed E-state index contributed by atoms with van der Waals surface area (Å²) < 4.78 is 4.01. The smallest absolute Gasteiger partial charge is 0.256 e. The molecule has 0 atom stereocenters. The van der Waals surface area contributed by atoms with E-state index in [4.69, 9.17) is 0 Å². The van der Waals surface area contributed by atoms with Gasteiger partial charge in [-0.25, -0.2) is 4.37 Å². The van der Waals surface area contributed by atoms with Crippen molar-refractivity contribution >= 4 is 34.8 Å². The Balaban J connectivity index is 2.12. The van der Waals surface area contributed by atoms with Crippen LogP contribution in [0.3, 0.4) is 0 Å². The highest BCUT2D eigenvalue weighted by Gasteiger charge is 2.23. The molecule has 0 saturated heterocycles. The van der Waals surface area contributed by atoms with Gasteiger partial charge in [-0.2, -0.15) is 0 Å². The lowest BCUT2D eigenvalue weighted by Gasteiger charge is -1.95. The molecule has 3 rings (SSSR count). The molecule has 0 bridgehead atoms. The van der Waals surface area contributed by atoms with E-state index in [1.165, 1.54) is 11.5 Å². The van der Waals surface area contributed by atoms with Crippen molar-refractivity contribution in [2.75, 3.05) is 5.32 Å². The largest absolute Gasteiger partial charge is 0.321 e. The van der Waals surface area contributed by atoms with Crippen LogP contribution in [0.5, 0.6) is 0 Å². The molecule has 1 aliphatic heterocycles. The monoisotopic (exact) mass is 228 g/mol. The molecule has 78 valence electrons. The summed E-state index contributed by atoms with van der Waals surface area (Å²) in [6.45, 7) is 0. The maximum absolute atomic E-state index is 11.8. The first-order chi connectivity index (χ1) is 7.84. The molecule has 4 heteroatoms. The molecular formula is C12H8N2OS. The lowest BCUT2D eigenvalue weighted by molar-refractivity contribution is -0.110. The topological polar surface area (TPSA) is 42.0 Å². The Hall–Kier alpha value is -1.94. The van der Waals surface area contributed by atoms with Crippen molar-refractivity contribution in [3.8, 4) is 0 Å². The third-order valence-corrected chi connectivity index (χ3v) is 3.15. The predicted octanol–water partition coefficient (Wildman–Crippen LogP) is 2.64. The number of carbonyl (C=O) groups excluding carboxylic acids is 1. The van der Waals surface area contributed by atoms with Gasteiger partial charge in [0.2, 0.25) is 0 Å². The molecule has 0 saturated carbocycles. The molecule has 16 heavy (non-hydrogen) atoms. The molecule has 3 nitrogen and oxygen atoms in total. The average molecular weight is 228 g/mol. The zero-order valence-corrected chi connectivity index (χ0v) is 9.12. The first kappa shape index (κ1) is 9.30. The van der Waals surface area contributed by atoms with Crippen molar-refractivity contribution in [1.29, 1.82) is 0 Å². The fourth-order valence-electron chi connectivity index (χ4n) is 1.72. The maximum atomic E-state index is 11.8. The van der Waals surface area contributed by atoms with Crippen LogP contribution >= 0.6 is 11.5 Å². The Morgan fingerprint density at radius 1 is 1.25 bits per heavy atom. The number of para-hydroxylation sites is 1. The molecule has 0 aliphatic carbocycles. The quantitative estimate of drug-likeness (QED) is 0.762. The van der Waals surface area contributed by atoms with Crippen molar-refractivity contribution in [3.63, 3.8) is 0 Å². The summed E-state index contributed by atoms with van der Waals surface area (Å²) in [5, 5.41) is 2.84. The molecule has 1 aliphatic rings. The van der Waals surface area contributed by atoms with Crippen molar-refractivity contribution in [1.82, 2.24) is 4.37 Å². The summed E-state index contributed by atoms with van der Waals surface area (Å²) in [7, 11) is 0. The minimum absolute atomic E-state index is 0.0467. The Labute approximate surface area is 96.6 Å². The number of carbonyl (C=O) groups is 1. The highest BCUT2D eigenvalue weighted by atomic mass is 32.1. The molecular weight excluding hydrogens is 220 g/mol. The third-order valence-electron chi connectivity index (χ3n) is 2.45. The number of nitrogens with one attached hydrogen (secondary N) is 1. The Kier molecular flexibility index (Phi) is 2.08. The number of amides is 1. The molecule has 1 aromatic heterocycles. The SMILES string of the molecule is O=C1Nc2ccccc2/C1=C/c1ccns1. The van der Waals surface area contributed by atoms with E-state index in [0.717, 1.165) is 16.1 Å². The zero-order chi connectivity index (χ0) is 11.0. The van der Waals surface area contributed by atoms with E-state index in [0.29, 0.717) is 5.57 Å². The normalized spacial score (nSPS) is 16.2. The van der Waals surface area contributed by atoms with Gasteiger partial charge in [0.1, 0.15) is 0 Å². The molecule has 1 N–H and O–H groups in total. The van der Waals surface area contributed by atoms with E-state index in [1.807, 2.05) is 36.4 Å². The number of rotatable bonds is 1. The van der Waals surface area contributed by atoms with Crippen LogP contribution < -0.4 is 5.32 Å². The van der Waals surface area contributed by atoms with Crippen LogP contribution in [0.15, 0.2) is 36.5 Å². The van der Waals surface area contributed by atoms with Crippen molar-refractivity contribution in [2.24, 2.45) is 0 Å². The Morgan fingerprint density at radius 3 is 2.94 bits per heavy atom. The average Bonchev–Trinajstić information content (AvgIpc) is 2.89. The van der Waals surface area contributed by atoms with Crippen LogP contribution in [0.2, 0.25) is 0 Å². The van der Waals surface area contributed by atoms with E-state index >= 15 is 0 Å². The third kappa shape index (κ3) is 1.44. The van der Waals surface area contributed by atoms with Gasteiger partial charge in [-0.3, -0.25) is 4.79 Å². The molecule has 1 amide bonds. The maximum Gasteiger partial charge on any atom is 0.256 e. The molecule has 0 radical (unpaired) electrons. The van der Waals surface area contributed by atoms with Crippen LogP contribution in [0, 0.1) is 0 Å². The van der Waals surface area contributed by atoms with E-state index in [1.54, 1.807) is 6.20 Å². The van der Waals surface area contributed by atoms with E-state index in [-0.39, 0.29) is 5.91 Å². The summed E-state index contributed by atoms with van der Waals surface area (Å²) in [6, 6.07) is 9.58. The van der Waals surface area contributed by atoms with Crippen LogP contribution in [0.4, 0.5) is 5.69 Å². The van der Waals surface area contributed by atoms with Gasteiger partial charge in [-0.1, -0.05) is 18.2 Å². The van der Waals surface area contributed by atoms with Crippen LogP contribution in [0.25, 0.3) is 11.6 Å². The standard InChI is InChI=1S/C12H8N2OS/c15-12-10(7-8-5-6-13-16-8)9-3-1-2-4-11(9)14-12/h1-7H,(H,14,15)/b10-7-. The zero-order valence-electron chi connectivity index (χ0n) is 8.31. The second-order valence-corrected chi connectivity index (χ2v) is 4.34. The van der Waals surface area contributed by atoms with E-state index < -0.39 is 0 Å². The first-order valence-electron chi connectivity index (χ1n) is 4.88. The summed E-state index contributed by atoms with van der Waals surface area (Å²) in [4.78, 5) is 12.8. The molecule has 0 fully saturated rings. The lowest BCUT2D eigenvalue weighted by Crippen LogP contribution is -2.03. The minimum atomic E-state index is -0.0467. The number of fused-ring (bicyclic) bond motifs is 1. The fraction of sp³-hybridized carbons (Fsp3) is 0. The Bertz CT molecular complexity index is 572. The van der Waals surface area contributed by atoms with Gasteiger partial charge in [0.15, 0.2) is 0 Å². The molecule has 0 unspecified atom stereocenters. The number of hydrogen-bond donors (Lipinski definition) is 1. The molecule has 2 aromatic rings. The Morgan fingerprint density at radius 2 is 2.12 bits per heavy atom. The number of aromatic nitrogens is 1. The summed E-state index contributed by atoms with van der Waals surface area (Å²) in [5.74, 6) is -0.0467. The first-order valence-corrected chi connectivity index (χ1v) is 5.65. The minimum Gasteiger partial charge on any atom is -0.321 e. The molecule has 0 spiro atoms. The summed E-state index contributed by atoms with van der Waals surface area (Å²) in [5.41, 5.74) is 2.55. The van der Waals surface area contributed by atoms with E-state index in [9.17, 15) is 4.79 Å². The highest BCUT2D eigenvalue weighted by Crippen LogP contribution is 2.32. The van der Waals surface area contributed by atoms with Gasteiger partial charge in [-0.15, -0.1) is 0 Å². The van der Waals surface area contributed by atoms with Crippen molar-refractivity contribution < 1.29 is 4.79 Å². The lowest BCUT2D eigenvalue weighted by atomic mass is 10.1. The second-order valence-electron chi connectivity index (χ2n) is 3.47. The van der Waals surface area contributed by atoms with Crippen LogP contribution in [-0.2, 0) is 4.79 Å². The number of nitrogens with zero attached hydrogens (tertiary/aromatic N) is 1. The molecule has 2 heterocycles. The van der Waals surface area contributed by atoms with Gasteiger partial charge in [0.25, 0.3) is 5.91 Å². The summed E-state index contributed by atoms with van der Waals surface area (Å²) >= 11 is 1.38. The van der Waals surface area contributed by atoms with Gasteiger partial charge in [0.05, 0.1) is 5.57 Å². The number of anilines is 1. The van der Waals surface area contributed by atoms with Gasteiger partial charge in [-0.05, 0) is 29.7 Å². The fourth-order valence-corrected chi connectivity index (χ4v) is 2.26. The van der Waals surface area contributed by atoms with Crippen molar-refractivity contribution in [2.45, 2.75) is 0 Å². The number of benzene rings is 1. The van der Waals surface area contributed by atoms with Crippen molar-refractivity contribution in [3.05, 3.63) is 47.0 Å². The predicted molar refractivity (Wildman–Crippen MR) is 65.1 cm³/mol. The van der Waals surface area contributed by atoms with Gasteiger partial charge < -0.3 is 5.32 Å². The number of hydrogen-bond acceptors (Lipinski definition) is 3. The highest BCUT2D eigenvalue weighted by molar-refractivity contribution is 7.06. The van der Waals surface area contributed by atoms with Crippen LogP contribution in [0.1, 0.15) is 10.4 Å². The van der Waals surface area contributed by atoms with E-state index in [2.05, 4.69) is 9.69 Å². The van der Waals surface area contributed by atoms with Gasteiger partial charge >= 0.3 is 0 Å². The van der Waals surface area contributed by atoms with Crippen LogP contribution in [-0.4, -0.2) is 10.3 Å².